The normalized spacial score (nSPS) is 10.6. The Labute approximate surface area is 81.4 Å². The smallest absolute Gasteiger partial charge is 0.177 e. The van der Waals surface area contributed by atoms with Crippen LogP contribution in [0.1, 0.15) is 19.2 Å². The number of ketones is 1. The van der Waals surface area contributed by atoms with Gasteiger partial charge in [0.05, 0.1) is 11.9 Å². The molecule has 0 aliphatic heterocycles. The van der Waals surface area contributed by atoms with Crippen molar-refractivity contribution in [3.63, 3.8) is 0 Å². The molecule has 0 radical (unpaired) electrons. The van der Waals surface area contributed by atoms with Crippen LogP contribution in [0.2, 0.25) is 0 Å². The van der Waals surface area contributed by atoms with E-state index in [1.54, 1.807) is 6.20 Å². The fraction of sp³-hybridized carbons (Fsp3) is 0.300. The van der Waals surface area contributed by atoms with Gasteiger partial charge in [0.1, 0.15) is 11.6 Å². The molecule has 0 amide bonds. The average molecular weight is 189 g/mol. The van der Waals surface area contributed by atoms with Gasteiger partial charge in [-0.05, 0) is 12.1 Å². The number of carbonyl (C=O) groups is 1. The lowest BCUT2D eigenvalue weighted by Crippen LogP contribution is -2.01. The summed E-state index contributed by atoms with van der Waals surface area (Å²) in [7, 11) is 0. The molecule has 2 aromatic rings. The van der Waals surface area contributed by atoms with Gasteiger partial charge in [-0.1, -0.05) is 6.92 Å². The molecule has 0 aliphatic carbocycles. The van der Waals surface area contributed by atoms with Crippen molar-refractivity contribution in [1.29, 1.82) is 0 Å². The average Bonchev–Trinajstić information content (AvgIpc) is 2.59. The summed E-state index contributed by atoms with van der Waals surface area (Å²) in [5, 5.41) is 0. The summed E-state index contributed by atoms with van der Waals surface area (Å²) in [5.41, 5.74) is 1.55. The molecule has 2 aromatic heterocycles. The van der Waals surface area contributed by atoms with Crippen molar-refractivity contribution >= 4 is 16.9 Å². The number of hydrogen-bond donors (Lipinski definition) is 1. The number of pyridine rings is 1. The Bertz CT molecular complexity index is 428. The Morgan fingerprint density at radius 2 is 2.43 bits per heavy atom. The molecule has 4 heteroatoms. The molecule has 0 aromatic carbocycles. The lowest BCUT2D eigenvalue weighted by Gasteiger charge is -1.90. The van der Waals surface area contributed by atoms with Gasteiger partial charge in [0.15, 0.2) is 5.65 Å². The Morgan fingerprint density at radius 1 is 1.57 bits per heavy atom. The third kappa shape index (κ3) is 1.64. The van der Waals surface area contributed by atoms with Gasteiger partial charge in [-0.25, -0.2) is 9.97 Å². The highest BCUT2D eigenvalue weighted by atomic mass is 16.1. The highest BCUT2D eigenvalue weighted by Gasteiger charge is 2.06. The van der Waals surface area contributed by atoms with E-state index in [2.05, 4.69) is 15.0 Å². The van der Waals surface area contributed by atoms with E-state index in [9.17, 15) is 4.79 Å². The number of carbonyl (C=O) groups excluding carboxylic acids is 1. The van der Waals surface area contributed by atoms with Crippen LogP contribution in [-0.4, -0.2) is 20.7 Å². The van der Waals surface area contributed by atoms with E-state index in [-0.39, 0.29) is 5.78 Å². The number of nitrogens with one attached hydrogen (secondary N) is 1. The predicted molar refractivity (Wildman–Crippen MR) is 52.9 cm³/mol. The second kappa shape index (κ2) is 3.57. The minimum absolute atomic E-state index is 0.184. The van der Waals surface area contributed by atoms with Crippen molar-refractivity contribution in [1.82, 2.24) is 15.0 Å². The van der Waals surface area contributed by atoms with Crippen molar-refractivity contribution in [2.75, 3.05) is 0 Å². The van der Waals surface area contributed by atoms with Gasteiger partial charge in [-0.3, -0.25) is 4.79 Å². The molecule has 0 atom stereocenters. The molecule has 0 saturated carbocycles. The Hall–Kier alpha value is -1.71. The van der Waals surface area contributed by atoms with E-state index in [1.165, 1.54) is 0 Å². The first-order valence-corrected chi connectivity index (χ1v) is 4.61. The van der Waals surface area contributed by atoms with E-state index in [0.717, 1.165) is 5.52 Å². The zero-order valence-electron chi connectivity index (χ0n) is 7.95. The van der Waals surface area contributed by atoms with Gasteiger partial charge in [0.25, 0.3) is 0 Å². The van der Waals surface area contributed by atoms with Gasteiger partial charge >= 0.3 is 0 Å². The van der Waals surface area contributed by atoms with Gasteiger partial charge in [0.2, 0.25) is 0 Å². The summed E-state index contributed by atoms with van der Waals surface area (Å²) in [6.07, 6.45) is 2.60. The molecule has 72 valence electrons. The van der Waals surface area contributed by atoms with Gasteiger partial charge < -0.3 is 4.98 Å². The fourth-order valence-corrected chi connectivity index (χ4v) is 1.29. The van der Waals surface area contributed by atoms with Crippen LogP contribution in [0.15, 0.2) is 18.3 Å². The molecule has 2 rings (SSSR count). The Kier molecular flexibility index (Phi) is 2.26. The molecule has 14 heavy (non-hydrogen) atoms. The first kappa shape index (κ1) is 8.87. The second-order valence-corrected chi connectivity index (χ2v) is 3.13. The number of fused-ring (bicyclic) bond motifs is 1. The summed E-state index contributed by atoms with van der Waals surface area (Å²) in [4.78, 5) is 22.5. The topological polar surface area (TPSA) is 58.6 Å². The largest absolute Gasteiger partial charge is 0.340 e. The minimum Gasteiger partial charge on any atom is -0.340 e. The maximum absolute atomic E-state index is 11.2. The summed E-state index contributed by atoms with van der Waals surface area (Å²) < 4.78 is 0. The fourth-order valence-electron chi connectivity index (χ4n) is 1.29. The van der Waals surface area contributed by atoms with Crippen molar-refractivity contribution in [3.05, 3.63) is 24.2 Å². The quantitative estimate of drug-likeness (QED) is 0.795. The summed E-state index contributed by atoms with van der Waals surface area (Å²) in [6, 6.07) is 3.74. The standard InChI is InChI=1S/C10H11N3O/c1-2-7(14)6-9-12-8-4-3-5-11-10(8)13-9/h3-5H,2,6H2,1H3,(H,11,12,13). The van der Waals surface area contributed by atoms with Gasteiger partial charge in [-0.15, -0.1) is 0 Å². The highest BCUT2D eigenvalue weighted by molar-refractivity contribution is 5.81. The first-order valence-electron chi connectivity index (χ1n) is 4.61. The SMILES string of the molecule is CCC(=O)Cc1nc2ncccc2[nH]1. The lowest BCUT2D eigenvalue weighted by atomic mass is 10.2. The molecule has 0 bridgehead atoms. The van der Waals surface area contributed by atoms with Crippen molar-refractivity contribution in [2.45, 2.75) is 19.8 Å². The molecule has 0 unspecified atom stereocenters. The number of hydrogen-bond acceptors (Lipinski definition) is 3. The number of imidazole rings is 1. The molecule has 0 aliphatic rings. The summed E-state index contributed by atoms with van der Waals surface area (Å²) in [5.74, 6) is 0.884. The first-order chi connectivity index (χ1) is 6.79. The van der Waals surface area contributed by atoms with Crippen LogP contribution in [0, 0.1) is 0 Å². The van der Waals surface area contributed by atoms with E-state index >= 15 is 0 Å². The van der Waals surface area contributed by atoms with Gasteiger partial charge in [-0.2, -0.15) is 0 Å². The van der Waals surface area contributed by atoms with Crippen LogP contribution in [0.5, 0.6) is 0 Å². The molecular formula is C10H11N3O. The van der Waals surface area contributed by atoms with Crippen LogP contribution in [0.4, 0.5) is 0 Å². The van der Waals surface area contributed by atoms with Crippen molar-refractivity contribution in [3.8, 4) is 0 Å². The maximum atomic E-state index is 11.2. The Balaban J connectivity index is 2.31. The number of nitrogens with zero attached hydrogens (tertiary/aromatic N) is 2. The van der Waals surface area contributed by atoms with Crippen molar-refractivity contribution < 1.29 is 4.79 Å². The third-order valence-electron chi connectivity index (χ3n) is 2.07. The maximum Gasteiger partial charge on any atom is 0.177 e. The number of Topliss-reactive ketones (excluding diaryl/α,β-unsaturated/α-hetero) is 1. The van der Waals surface area contributed by atoms with E-state index < -0.39 is 0 Å². The number of aromatic amines is 1. The predicted octanol–water partition coefficient (Wildman–Crippen LogP) is 1.48. The van der Waals surface area contributed by atoms with Crippen LogP contribution in [0.3, 0.4) is 0 Å². The molecule has 0 spiro atoms. The summed E-state index contributed by atoms with van der Waals surface area (Å²) in [6.45, 7) is 1.85. The van der Waals surface area contributed by atoms with Gasteiger partial charge in [0, 0.05) is 12.6 Å². The molecular weight excluding hydrogens is 178 g/mol. The van der Waals surface area contributed by atoms with Crippen molar-refractivity contribution in [2.24, 2.45) is 0 Å². The van der Waals surface area contributed by atoms with E-state index in [4.69, 9.17) is 0 Å². The molecule has 4 nitrogen and oxygen atoms in total. The van der Waals surface area contributed by atoms with Crippen LogP contribution < -0.4 is 0 Å². The van der Waals surface area contributed by atoms with Crippen LogP contribution in [-0.2, 0) is 11.2 Å². The number of rotatable bonds is 3. The Morgan fingerprint density at radius 3 is 3.14 bits per heavy atom. The molecule has 2 heterocycles. The second-order valence-electron chi connectivity index (χ2n) is 3.13. The zero-order chi connectivity index (χ0) is 9.97. The van der Waals surface area contributed by atoms with E-state index in [0.29, 0.717) is 24.3 Å². The monoisotopic (exact) mass is 189 g/mol. The molecule has 0 saturated heterocycles. The van der Waals surface area contributed by atoms with Crippen LogP contribution in [0.25, 0.3) is 11.2 Å². The molecule has 1 N–H and O–H groups in total. The molecule has 0 fully saturated rings. The van der Waals surface area contributed by atoms with Crippen LogP contribution >= 0.6 is 0 Å². The summed E-state index contributed by atoms with van der Waals surface area (Å²) >= 11 is 0. The number of H-pyrrole nitrogens is 1. The zero-order valence-corrected chi connectivity index (χ0v) is 7.95. The highest BCUT2D eigenvalue weighted by Crippen LogP contribution is 2.08. The minimum atomic E-state index is 0.184. The van der Waals surface area contributed by atoms with E-state index in [1.807, 2.05) is 19.1 Å². The lowest BCUT2D eigenvalue weighted by molar-refractivity contribution is -0.118. The number of aromatic nitrogens is 3. The third-order valence-corrected chi connectivity index (χ3v) is 2.07.